The molecule has 2 amide bonds. The number of carbonyl (C=O) groups excluding carboxylic acids is 2. The number of anilines is 2. The Hall–Kier alpha value is -2.86. The zero-order valence-electron chi connectivity index (χ0n) is 17.1. The fourth-order valence-electron chi connectivity index (χ4n) is 4.02. The van der Waals surface area contributed by atoms with Gasteiger partial charge in [-0.2, -0.15) is 0 Å². The van der Waals surface area contributed by atoms with E-state index in [1.165, 1.54) is 11.1 Å². The monoisotopic (exact) mass is 392 g/mol. The first kappa shape index (κ1) is 19.5. The smallest absolute Gasteiger partial charge is 0.254 e. The maximum Gasteiger partial charge on any atom is 0.254 e. The molecule has 0 bridgehead atoms. The van der Waals surface area contributed by atoms with Crippen LogP contribution in [-0.4, -0.2) is 61.4 Å². The van der Waals surface area contributed by atoms with Crippen LogP contribution in [0.4, 0.5) is 11.4 Å². The summed E-state index contributed by atoms with van der Waals surface area (Å²) in [5.74, 6) is 0.0227. The second kappa shape index (κ2) is 8.25. The molecule has 2 aliphatic rings. The van der Waals surface area contributed by atoms with Gasteiger partial charge in [-0.3, -0.25) is 14.5 Å². The van der Waals surface area contributed by atoms with E-state index in [2.05, 4.69) is 41.4 Å². The zero-order chi connectivity index (χ0) is 20.4. The molecule has 0 aliphatic carbocycles. The summed E-state index contributed by atoms with van der Waals surface area (Å²) >= 11 is 0. The highest BCUT2D eigenvalue weighted by Gasteiger charge is 2.24. The third-order valence-corrected chi connectivity index (χ3v) is 5.92. The predicted molar refractivity (Wildman–Crippen MR) is 115 cm³/mol. The van der Waals surface area contributed by atoms with Gasteiger partial charge in [-0.05, 0) is 36.2 Å². The molecule has 2 aliphatic heterocycles. The Labute approximate surface area is 172 Å². The van der Waals surface area contributed by atoms with Gasteiger partial charge in [-0.1, -0.05) is 24.3 Å². The van der Waals surface area contributed by atoms with Crippen molar-refractivity contribution in [3.05, 3.63) is 59.2 Å². The lowest BCUT2D eigenvalue weighted by Gasteiger charge is -2.35. The van der Waals surface area contributed by atoms with Crippen LogP contribution in [0.1, 0.15) is 27.9 Å². The number of piperazine rings is 1. The third-order valence-electron chi connectivity index (χ3n) is 5.92. The molecule has 6 nitrogen and oxygen atoms in total. The predicted octanol–water partition coefficient (Wildman–Crippen LogP) is 2.73. The van der Waals surface area contributed by atoms with Crippen LogP contribution in [-0.2, 0) is 11.3 Å². The Balaban J connectivity index is 1.41. The molecule has 0 atom stereocenters. The zero-order valence-corrected chi connectivity index (χ0v) is 17.1. The molecule has 152 valence electrons. The molecule has 0 unspecified atom stereocenters. The van der Waals surface area contributed by atoms with Gasteiger partial charge in [0.15, 0.2) is 0 Å². The van der Waals surface area contributed by atoms with Crippen LogP contribution in [0, 0.1) is 6.92 Å². The fourth-order valence-corrected chi connectivity index (χ4v) is 4.02. The van der Waals surface area contributed by atoms with Crippen LogP contribution in [0.15, 0.2) is 42.5 Å². The molecular weight excluding hydrogens is 364 g/mol. The number of amides is 2. The van der Waals surface area contributed by atoms with Crippen LogP contribution < -0.4 is 10.2 Å². The fraction of sp³-hybridized carbons (Fsp3) is 0.391. The number of hydrogen-bond acceptors (Lipinski definition) is 4. The molecule has 1 N–H and O–H groups in total. The Morgan fingerprint density at radius 2 is 1.79 bits per heavy atom. The second-order valence-corrected chi connectivity index (χ2v) is 7.95. The number of fused-ring (bicyclic) bond motifs is 1. The molecule has 0 saturated carbocycles. The average molecular weight is 393 g/mol. The molecule has 0 radical (unpaired) electrons. The summed E-state index contributed by atoms with van der Waals surface area (Å²) in [6, 6.07) is 14.1. The summed E-state index contributed by atoms with van der Waals surface area (Å²) in [5.41, 5.74) is 4.96. The highest BCUT2D eigenvalue weighted by molar-refractivity contribution is 6.01. The highest BCUT2D eigenvalue weighted by atomic mass is 16.2. The molecule has 2 aromatic rings. The summed E-state index contributed by atoms with van der Waals surface area (Å²) in [6.45, 7) is 6.90. The second-order valence-electron chi connectivity index (χ2n) is 7.95. The van der Waals surface area contributed by atoms with Crippen LogP contribution in [0.2, 0.25) is 0 Å². The van der Waals surface area contributed by atoms with Crippen molar-refractivity contribution in [2.45, 2.75) is 19.9 Å². The topological polar surface area (TPSA) is 55.9 Å². The molecular formula is C23H28N4O2. The number of rotatable bonds is 3. The lowest BCUT2D eigenvalue weighted by atomic mass is 10.1. The summed E-state index contributed by atoms with van der Waals surface area (Å²) in [6.07, 6.45) is 0.456. The quantitative estimate of drug-likeness (QED) is 0.873. The minimum Gasteiger partial charge on any atom is -0.372 e. The van der Waals surface area contributed by atoms with Crippen LogP contribution >= 0.6 is 0 Å². The standard InChI is InChI=1S/C23H28N4O2/c1-17-5-3-4-6-19(17)16-26-11-13-27(14-12-26)23(29)18-7-8-21-20(15-18)24-22(28)9-10-25(21)2/h3-8,15H,9-14,16H2,1-2H3,(H,24,28). The van der Waals surface area contributed by atoms with Crippen molar-refractivity contribution in [2.75, 3.05) is 50.0 Å². The van der Waals surface area contributed by atoms with Crippen molar-refractivity contribution in [1.82, 2.24) is 9.80 Å². The highest BCUT2D eigenvalue weighted by Crippen LogP contribution is 2.29. The van der Waals surface area contributed by atoms with Gasteiger partial charge in [-0.25, -0.2) is 0 Å². The SMILES string of the molecule is Cc1ccccc1CN1CCN(C(=O)c2ccc3c(c2)NC(=O)CCN3C)CC1. The third kappa shape index (κ3) is 4.27. The van der Waals surface area contributed by atoms with Gasteiger partial charge < -0.3 is 15.1 Å². The van der Waals surface area contributed by atoms with E-state index in [0.717, 1.165) is 31.0 Å². The lowest BCUT2D eigenvalue weighted by Crippen LogP contribution is -2.48. The summed E-state index contributed by atoms with van der Waals surface area (Å²) in [4.78, 5) is 31.3. The Morgan fingerprint density at radius 3 is 2.55 bits per heavy atom. The first-order valence-corrected chi connectivity index (χ1v) is 10.2. The molecule has 1 fully saturated rings. The van der Waals surface area contributed by atoms with Crippen LogP contribution in [0.5, 0.6) is 0 Å². The molecule has 0 spiro atoms. The van der Waals surface area contributed by atoms with E-state index in [1.54, 1.807) is 0 Å². The van der Waals surface area contributed by atoms with Crippen molar-refractivity contribution >= 4 is 23.2 Å². The number of nitrogens with zero attached hydrogens (tertiary/aromatic N) is 3. The Bertz CT molecular complexity index is 919. The number of benzene rings is 2. The Morgan fingerprint density at radius 1 is 1.03 bits per heavy atom. The minimum absolute atomic E-state index is 0.00924. The van der Waals surface area contributed by atoms with Gasteiger partial charge in [0, 0.05) is 58.3 Å². The maximum absolute atomic E-state index is 13.0. The van der Waals surface area contributed by atoms with Crippen molar-refractivity contribution in [3.63, 3.8) is 0 Å². The molecule has 6 heteroatoms. The van der Waals surface area contributed by atoms with E-state index < -0.39 is 0 Å². The van der Waals surface area contributed by atoms with Gasteiger partial charge in [0.25, 0.3) is 5.91 Å². The van der Waals surface area contributed by atoms with E-state index in [4.69, 9.17) is 0 Å². The maximum atomic E-state index is 13.0. The van der Waals surface area contributed by atoms with Crippen LogP contribution in [0.3, 0.4) is 0 Å². The molecule has 0 aromatic heterocycles. The number of hydrogen-bond donors (Lipinski definition) is 1. The van der Waals surface area contributed by atoms with E-state index in [0.29, 0.717) is 31.6 Å². The lowest BCUT2D eigenvalue weighted by molar-refractivity contribution is -0.115. The van der Waals surface area contributed by atoms with Crippen LogP contribution in [0.25, 0.3) is 0 Å². The average Bonchev–Trinajstić information content (AvgIpc) is 2.87. The van der Waals surface area contributed by atoms with Crippen molar-refractivity contribution < 1.29 is 9.59 Å². The van der Waals surface area contributed by atoms with E-state index in [1.807, 2.05) is 35.0 Å². The first-order valence-electron chi connectivity index (χ1n) is 10.2. The van der Waals surface area contributed by atoms with Gasteiger partial charge in [0.05, 0.1) is 11.4 Å². The minimum atomic E-state index is -0.00924. The first-order chi connectivity index (χ1) is 14.0. The molecule has 4 rings (SSSR count). The number of aryl methyl sites for hydroxylation is 1. The van der Waals surface area contributed by atoms with Gasteiger partial charge in [0.2, 0.25) is 5.91 Å². The van der Waals surface area contributed by atoms with E-state index in [9.17, 15) is 9.59 Å². The summed E-state index contributed by atoms with van der Waals surface area (Å²) in [7, 11) is 1.97. The Kier molecular flexibility index (Phi) is 5.53. The van der Waals surface area contributed by atoms with Crippen molar-refractivity contribution in [1.29, 1.82) is 0 Å². The van der Waals surface area contributed by atoms with Gasteiger partial charge >= 0.3 is 0 Å². The summed E-state index contributed by atoms with van der Waals surface area (Å²) in [5, 5.41) is 2.93. The number of nitrogens with one attached hydrogen (secondary N) is 1. The normalized spacial score (nSPS) is 17.5. The molecule has 1 saturated heterocycles. The van der Waals surface area contributed by atoms with Gasteiger partial charge in [-0.15, -0.1) is 0 Å². The number of carbonyl (C=O) groups is 2. The molecule has 2 heterocycles. The largest absolute Gasteiger partial charge is 0.372 e. The molecule has 2 aromatic carbocycles. The van der Waals surface area contributed by atoms with E-state index >= 15 is 0 Å². The van der Waals surface area contributed by atoms with Gasteiger partial charge in [0.1, 0.15) is 0 Å². The molecule has 29 heavy (non-hydrogen) atoms. The van der Waals surface area contributed by atoms with E-state index in [-0.39, 0.29) is 11.8 Å². The summed E-state index contributed by atoms with van der Waals surface area (Å²) < 4.78 is 0. The van der Waals surface area contributed by atoms with Crippen molar-refractivity contribution in [2.24, 2.45) is 0 Å². The van der Waals surface area contributed by atoms with Crippen molar-refractivity contribution in [3.8, 4) is 0 Å².